The minimum atomic E-state index is 0.0195. The highest BCUT2D eigenvalue weighted by molar-refractivity contribution is 5.88. The van der Waals surface area contributed by atoms with E-state index in [1.807, 2.05) is 7.05 Å². The second kappa shape index (κ2) is 6.83. The fourth-order valence-electron chi connectivity index (χ4n) is 2.37. The highest BCUT2D eigenvalue weighted by Gasteiger charge is 2.21. The molecule has 1 fully saturated rings. The molecule has 1 saturated heterocycles. The van der Waals surface area contributed by atoms with Crippen molar-refractivity contribution in [3.05, 3.63) is 5.82 Å². The average Bonchev–Trinajstić information content (AvgIpc) is 2.79. The van der Waals surface area contributed by atoms with Gasteiger partial charge in [0.05, 0.1) is 0 Å². The van der Waals surface area contributed by atoms with Crippen LogP contribution in [-0.2, 0) is 11.8 Å². The van der Waals surface area contributed by atoms with Crippen LogP contribution < -0.4 is 10.6 Å². The average molecular weight is 279 g/mol. The van der Waals surface area contributed by atoms with Crippen molar-refractivity contribution in [3.63, 3.8) is 0 Å². The van der Waals surface area contributed by atoms with Gasteiger partial charge in [-0.2, -0.15) is 10.1 Å². The highest BCUT2D eigenvalue weighted by Crippen LogP contribution is 2.23. The number of hydrogen-bond donors (Lipinski definition) is 2. The zero-order valence-corrected chi connectivity index (χ0v) is 12.6. The fraction of sp³-hybridized carbons (Fsp3) is 0.786. The Morgan fingerprint density at radius 3 is 2.80 bits per heavy atom. The van der Waals surface area contributed by atoms with Crippen LogP contribution in [0.3, 0.4) is 0 Å². The number of rotatable bonds is 5. The smallest absolute Gasteiger partial charge is 0.227 e. The number of hydrogen-bond acceptors (Lipinski definition) is 4. The Balaban J connectivity index is 1.94. The summed E-state index contributed by atoms with van der Waals surface area (Å²) >= 11 is 0. The fourth-order valence-corrected chi connectivity index (χ4v) is 2.37. The maximum Gasteiger partial charge on any atom is 0.227 e. The van der Waals surface area contributed by atoms with Crippen LogP contribution in [0.1, 0.15) is 51.3 Å². The molecule has 1 aliphatic heterocycles. The molecule has 6 heteroatoms. The van der Waals surface area contributed by atoms with Gasteiger partial charge in [0.25, 0.3) is 0 Å². The Hall–Kier alpha value is -1.43. The molecule has 0 aromatic carbocycles. The Labute approximate surface area is 120 Å². The summed E-state index contributed by atoms with van der Waals surface area (Å²) in [7, 11) is 1.83. The molecule has 0 atom stereocenters. The number of anilines is 1. The number of piperidine rings is 1. The zero-order chi connectivity index (χ0) is 14.5. The Kier molecular flexibility index (Phi) is 5.11. The van der Waals surface area contributed by atoms with Gasteiger partial charge >= 0.3 is 0 Å². The van der Waals surface area contributed by atoms with Crippen LogP contribution in [-0.4, -0.2) is 33.8 Å². The molecular weight excluding hydrogens is 254 g/mol. The molecule has 2 rings (SSSR count). The van der Waals surface area contributed by atoms with Crippen molar-refractivity contribution in [2.24, 2.45) is 13.0 Å². The highest BCUT2D eigenvalue weighted by atomic mass is 16.1. The molecule has 0 spiro atoms. The molecular formula is C14H25N5O. The molecule has 112 valence electrons. The molecule has 0 aliphatic carbocycles. The van der Waals surface area contributed by atoms with Gasteiger partial charge in [0, 0.05) is 19.4 Å². The first-order valence-corrected chi connectivity index (χ1v) is 7.47. The van der Waals surface area contributed by atoms with Gasteiger partial charge < -0.3 is 5.32 Å². The summed E-state index contributed by atoms with van der Waals surface area (Å²) in [5, 5.41) is 10.6. The third-order valence-corrected chi connectivity index (χ3v) is 3.68. The number of nitrogens with zero attached hydrogens (tertiary/aromatic N) is 3. The van der Waals surface area contributed by atoms with E-state index in [4.69, 9.17) is 0 Å². The van der Waals surface area contributed by atoms with Crippen molar-refractivity contribution in [2.45, 2.75) is 45.4 Å². The number of carbonyl (C=O) groups excluding carboxylic acids is 1. The maximum atomic E-state index is 11.9. The largest absolute Gasteiger partial charge is 0.317 e. The van der Waals surface area contributed by atoms with Gasteiger partial charge in [-0.25, -0.2) is 4.68 Å². The summed E-state index contributed by atoms with van der Waals surface area (Å²) in [4.78, 5) is 16.3. The van der Waals surface area contributed by atoms with Crippen molar-refractivity contribution in [2.75, 3.05) is 18.4 Å². The summed E-state index contributed by atoms with van der Waals surface area (Å²) in [5.41, 5.74) is 0. The number of aryl methyl sites for hydroxylation is 1. The summed E-state index contributed by atoms with van der Waals surface area (Å²) in [5.74, 6) is 2.38. The van der Waals surface area contributed by atoms with E-state index in [0.29, 0.717) is 24.2 Å². The van der Waals surface area contributed by atoms with Crippen molar-refractivity contribution in [1.29, 1.82) is 0 Å². The van der Waals surface area contributed by atoms with E-state index in [9.17, 15) is 4.79 Å². The minimum absolute atomic E-state index is 0.0195. The van der Waals surface area contributed by atoms with Gasteiger partial charge in [0.1, 0.15) is 0 Å². The standard InChI is InChI=1S/C14H25N5O/c1-10(2)4-5-12(20)16-14-17-13(18-19(14)3)11-6-8-15-9-7-11/h10-11,15H,4-9H2,1-3H3,(H,16,17,18,20). The first-order chi connectivity index (χ1) is 9.56. The van der Waals surface area contributed by atoms with E-state index in [-0.39, 0.29) is 5.91 Å². The minimum Gasteiger partial charge on any atom is -0.317 e. The molecule has 0 bridgehead atoms. The second-order valence-electron chi connectivity index (χ2n) is 5.92. The maximum absolute atomic E-state index is 11.9. The lowest BCUT2D eigenvalue weighted by Crippen LogP contribution is -2.27. The molecule has 2 N–H and O–H groups in total. The molecule has 1 aromatic heterocycles. The Morgan fingerprint density at radius 1 is 1.45 bits per heavy atom. The van der Waals surface area contributed by atoms with Crippen LogP contribution in [0.15, 0.2) is 0 Å². The van der Waals surface area contributed by atoms with E-state index in [1.54, 1.807) is 4.68 Å². The van der Waals surface area contributed by atoms with Gasteiger partial charge in [-0.05, 0) is 38.3 Å². The Morgan fingerprint density at radius 2 is 2.15 bits per heavy atom. The topological polar surface area (TPSA) is 71.8 Å². The van der Waals surface area contributed by atoms with E-state index in [2.05, 4.69) is 34.6 Å². The number of amides is 1. The van der Waals surface area contributed by atoms with E-state index in [0.717, 1.165) is 38.2 Å². The predicted molar refractivity (Wildman–Crippen MR) is 78.5 cm³/mol. The van der Waals surface area contributed by atoms with Crippen molar-refractivity contribution in [3.8, 4) is 0 Å². The quantitative estimate of drug-likeness (QED) is 0.860. The summed E-state index contributed by atoms with van der Waals surface area (Å²) < 4.78 is 1.67. The predicted octanol–water partition coefficient (Wildman–Crippen LogP) is 1.66. The molecule has 1 aliphatic rings. The first-order valence-electron chi connectivity index (χ1n) is 7.47. The van der Waals surface area contributed by atoms with Crippen LogP contribution >= 0.6 is 0 Å². The SMILES string of the molecule is CC(C)CCC(=O)Nc1nc(C2CCNCC2)nn1C. The lowest BCUT2D eigenvalue weighted by Gasteiger charge is -2.19. The molecule has 1 aromatic rings. The first kappa shape index (κ1) is 15.0. The van der Waals surface area contributed by atoms with Crippen molar-refractivity contribution >= 4 is 11.9 Å². The van der Waals surface area contributed by atoms with Gasteiger partial charge in [-0.3, -0.25) is 10.1 Å². The van der Waals surface area contributed by atoms with Crippen LogP contribution in [0.4, 0.5) is 5.95 Å². The zero-order valence-electron chi connectivity index (χ0n) is 12.6. The monoisotopic (exact) mass is 279 g/mol. The molecule has 1 amide bonds. The molecule has 0 radical (unpaired) electrons. The molecule has 2 heterocycles. The Bertz CT molecular complexity index is 448. The van der Waals surface area contributed by atoms with Crippen LogP contribution in [0, 0.1) is 5.92 Å². The molecule has 0 saturated carbocycles. The summed E-state index contributed by atoms with van der Waals surface area (Å²) in [6.07, 6.45) is 3.55. The van der Waals surface area contributed by atoms with Gasteiger partial charge in [0.2, 0.25) is 11.9 Å². The van der Waals surface area contributed by atoms with Crippen LogP contribution in [0.5, 0.6) is 0 Å². The molecule has 6 nitrogen and oxygen atoms in total. The number of nitrogens with one attached hydrogen (secondary N) is 2. The summed E-state index contributed by atoms with van der Waals surface area (Å²) in [6, 6.07) is 0. The lowest BCUT2D eigenvalue weighted by molar-refractivity contribution is -0.116. The molecule has 0 unspecified atom stereocenters. The third-order valence-electron chi connectivity index (χ3n) is 3.68. The third kappa shape index (κ3) is 4.03. The van der Waals surface area contributed by atoms with Crippen molar-refractivity contribution in [1.82, 2.24) is 20.1 Å². The molecule has 20 heavy (non-hydrogen) atoms. The number of carbonyl (C=O) groups is 1. The van der Waals surface area contributed by atoms with E-state index in [1.165, 1.54) is 0 Å². The van der Waals surface area contributed by atoms with Crippen LogP contribution in [0.2, 0.25) is 0 Å². The van der Waals surface area contributed by atoms with E-state index >= 15 is 0 Å². The van der Waals surface area contributed by atoms with E-state index < -0.39 is 0 Å². The van der Waals surface area contributed by atoms with Gasteiger partial charge in [0.15, 0.2) is 5.82 Å². The van der Waals surface area contributed by atoms with Crippen LogP contribution in [0.25, 0.3) is 0 Å². The number of aromatic nitrogens is 3. The lowest BCUT2D eigenvalue weighted by atomic mass is 9.98. The van der Waals surface area contributed by atoms with Gasteiger partial charge in [-0.1, -0.05) is 13.8 Å². The summed E-state index contributed by atoms with van der Waals surface area (Å²) in [6.45, 7) is 6.26. The second-order valence-corrected chi connectivity index (χ2v) is 5.92. The normalized spacial score (nSPS) is 16.6. The van der Waals surface area contributed by atoms with Crippen molar-refractivity contribution < 1.29 is 4.79 Å². The van der Waals surface area contributed by atoms with Gasteiger partial charge in [-0.15, -0.1) is 0 Å².